The number of thioether (sulfide) groups is 1. The molecular weight excluding hydrogens is 366 g/mol. The standard InChI is InChI=1S/C18H17N5OS2/c1-3-23-16(13-6-4-5-12(2)9-13)20-21-18(23)26-11-15-19-17(24-22-15)14-7-8-25-10-14/h4-10H,3,11H2,1-2H3. The lowest BCUT2D eigenvalue weighted by Gasteiger charge is -2.07. The minimum Gasteiger partial charge on any atom is -0.334 e. The van der Waals surface area contributed by atoms with Crippen molar-refractivity contribution in [1.82, 2.24) is 24.9 Å². The van der Waals surface area contributed by atoms with E-state index in [0.717, 1.165) is 28.7 Å². The topological polar surface area (TPSA) is 69.6 Å². The molecule has 0 aliphatic rings. The minimum atomic E-state index is 0.555. The molecule has 8 heteroatoms. The maximum atomic E-state index is 5.33. The summed E-state index contributed by atoms with van der Waals surface area (Å²) in [7, 11) is 0. The fraction of sp³-hybridized carbons (Fsp3) is 0.222. The average molecular weight is 384 g/mol. The van der Waals surface area contributed by atoms with Crippen LogP contribution in [-0.2, 0) is 12.3 Å². The SMILES string of the molecule is CCn1c(SCc2noc(-c3ccsc3)n2)nnc1-c1cccc(C)c1. The van der Waals surface area contributed by atoms with Gasteiger partial charge in [-0.3, -0.25) is 0 Å². The van der Waals surface area contributed by atoms with Gasteiger partial charge in [0, 0.05) is 17.5 Å². The summed E-state index contributed by atoms with van der Waals surface area (Å²) in [6.07, 6.45) is 0. The van der Waals surface area contributed by atoms with Gasteiger partial charge in [-0.2, -0.15) is 16.3 Å². The molecule has 132 valence electrons. The maximum absolute atomic E-state index is 5.33. The van der Waals surface area contributed by atoms with Gasteiger partial charge < -0.3 is 9.09 Å². The Labute approximate surface area is 159 Å². The Balaban J connectivity index is 1.52. The molecule has 4 aromatic rings. The molecule has 26 heavy (non-hydrogen) atoms. The van der Waals surface area contributed by atoms with Crippen LogP contribution in [0.25, 0.3) is 22.8 Å². The quantitative estimate of drug-likeness (QED) is 0.450. The van der Waals surface area contributed by atoms with Crippen LogP contribution in [0, 0.1) is 6.92 Å². The zero-order chi connectivity index (χ0) is 17.9. The Bertz CT molecular complexity index is 1010. The Kier molecular flexibility index (Phi) is 4.85. The highest BCUT2D eigenvalue weighted by molar-refractivity contribution is 7.98. The first-order valence-corrected chi connectivity index (χ1v) is 10.2. The summed E-state index contributed by atoms with van der Waals surface area (Å²) in [5.74, 6) is 2.67. The molecule has 0 radical (unpaired) electrons. The second-order valence-corrected chi connectivity index (χ2v) is 7.46. The third-order valence-electron chi connectivity index (χ3n) is 3.88. The van der Waals surface area contributed by atoms with Crippen LogP contribution in [0.2, 0.25) is 0 Å². The molecule has 0 bridgehead atoms. The van der Waals surface area contributed by atoms with Gasteiger partial charge in [-0.1, -0.05) is 40.7 Å². The first-order valence-electron chi connectivity index (χ1n) is 8.23. The zero-order valence-electron chi connectivity index (χ0n) is 14.4. The summed E-state index contributed by atoms with van der Waals surface area (Å²) in [6.45, 7) is 4.97. The fourth-order valence-corrected chi connectivity index (χ4v) is 4.10. The van der Waals surface area contributed by atoms with Crippen LogP contribution >= 0.6 is 23.1 Å². The van der Waals surface area contributed by atoms with E-state index >= 15 is 0 Å². The van der Waals surface area contributed by atoms with Gasteiger partial charge >= 0.3 is 0 Å². The summed E-state index contributed by atoms with van der Waals surface area (Å²) < 4.78 is 7.44. The second kappa shape index (κ2) is 7.43. The molecular formula is C18H17N5OS2. The highest BCUT2D eigenvalue weighted by Gasteiger charge is 2.15. The van der Waals surface area contributed by atoms with E-state index in [9.17, 15) is 0 Å². The number of aromatic nitrogens is 5. The van der Waals surface area contributed by atoms with Crippen molar-refractivity contribution >= 4 is 23.1 Å². The number of hydrogen-bond donors (Lipinski definition) is 0. The molecule has 0 atom stereocenters. The Morgan fingerprint density at radius 3 is 2.88 bits per heavy atom. The molecule has 0 spiro atoms. The van der Waals surface area contributed by atoms with E-state index in [4.69, 9.17) is 4.52 Å². The normalized spacial score (nSPS) is 11.2. The molecule has 0 amide bonds. The molecule has 0 N–H and O–H groups in total. The van der Waals surface area contributed by atoms with Crippen molar-refractivity contribution in [2.24, 2.45) is 0 Å². The summed E-state index contributed by atoms with van der Waals surface area (Å²) >= 11 is 3.17. The summed E-state index contributed by atoms with van der Waals surface area (Å²) in [4.78, 5) is 4.45. The number of rotatable bonds is 6. The number of benzene rings is 1. The molecule has 4 rings (SSSR count). The molecule has 0 fully saturated rings. The molecule has 0 unspecified atom stereocenters. The van der Waals surface area contributed by atoms with E-state index in [0.29, 0.717) is 17.5 Å². The molecule has 1 aromatic carbocycles. The van der Waals surface area contributed by atoms with Crippen LogP contribution in [0.3, 0.4) is 0 Å². The third kappa shape index (κ3) is 3.42. The van der Waals surface area contributed by atoms with E-state index < -0.39 is 0 Å². The highest BCUT2D eigenvalue weighted by atomic mass is 32.2. The van der Waals surface area contributed by atoms with Crippen molar-refractivity contribution in [1.29, 1.82) is 0 Å². The van der Waals surface area contributed by atoms with E-state index in [1.807, 2.05) is 22.9 Å². The minimum absolute atomic E-state index is 0.555. The Hall–Kier alpha value is -2.45. The summed E-state index contributed by atoms with van der Waals surface area (Å²) in [6, 6.07) is 10.3. The molecule has 0 saturated carbocycles. The lowest BCUT2D eigenvalue weighted by molar-refractivity contribution is 0.425. The molecule has 3 heterocycles. The molecule has 0 saturated heterocycles. The van der Waals surface area contributed by atoms with Crippen LogP contribution in [0.1, 0.15) is 18.3 Å². The number of nitrogens with zero attached hydrogens (tertiary/aromatic N) is 5. The van der Waals surface area contributed by atoms with Crippen LogP contribution in [0.15, 0.2) is 50.8 Å². The maximum Gasteiger partial charge on any atom is 0.258 e. The summed E-state index contributed by atoms with van der Waals surface area (Å²) in [5, 5.41) is 17.6. The average Bonchev–Trinajstić information content (AvgIpc) is 3.38. The van der Waals surface area contributed by atoms with Crippen molar-refractivity contribution in [2.75, 3.05) is 0 Å². The predicted molar refractivity (Wildman–Crippen MR) is 103 cm³/mol. The summed E-state index contributed by atoms with van der Waals surface area (Å²) in [5.41, 5.74) is 3.23. The molecule has 3 aromatic heterocycles. The van der Waals surface area contributed by atoms with Crippen molar-refractivity contribution < 1.29 is 4.52 Å². The van der Waals surface area contributed by atoms with Gasteiger partial charge in [-0.25, -0.2) is 0 Å². The number of aryl methyl sites for hydroxylation is 1. The number of thiophene rings is 1. The molecule has 0 aliphatic carbocycles. The van der Waals surface area contributed by atoms with Gasteiger partial charge in [0.05, 0.1) is 11.3 Å². The van der Waals surface area contributed by atoms with Crippen LogP contribution < -0.4 is 0 Å². The predicted octanol–water partition coefficient (Wildman–Crippen LogP) is 4.68. The largest absolute Gasteiger partial charge is 0.334 e. The van der Waals surface area contributed by atoms with E-state index in [2.05, 4.69) is 57.0 Å². The second-order valence-electron chi connectivity index (χ2n) is 5.74. The van der Waals surface area contributed by atoms with E-state index in [1.165, 1.54) is 5.56 Å². The van der Waals surface area contributed by atoms with Gasteiger partial charge in [0.1, 0.15) is 0 Å². The number of hydrogen-bond acceptors (Lipinski definition) is 7. The molecule has 0 aliphatic heterocycles. The monoisotopic (exact) mass is 383 g/mol. The molecule has 6 nitrogen and oxygen atoms in total. The Morgan fingerprint density at radius 2 is 2.12 bits per heavy atom. The van der Waals surface area contributed by atoms with Crippen molar-refractivity contribution in [3.8, 4) is 22.8 Å². The smallest absolute Gasteiger partial charge is 0.258 e. The van der Waals surface area contributed by atoms with Crippen molar-refractivity contribution in [3.63, 3.8) is 0 Å². The van der Waals surface area contributed by atoms with E-state index in [1.54, 1.807) is 23.1 Å². The lowest BCUT2D eigenvalue weighted by atomic mass is 10.1. The van der Waals surface area contributed by atoms with Gasteiger partial charge in [0.2, 0.25) is 0 Å². The van der Waals surface area contributed by atoms with Gasteiger partial charge in [0.15, 0.2) is 16.8 Å². The van der Waals surface area contributed by atoms with Gasteiger partial charge in [-0.05, 0) is 31.4 Å². The van der Waals surface area contributed by atoms with Gasteiger partial charge in [0.25, 0.3) is 5.89 Å². The lowest BCUT2D eigenvalue weighted by Crippen LogP contribution is -2.00. The van der Waals surface area contributed by atoms with Crippen LogP contribution in [-0.4, -0.2) is 24.9 Å². The fourth-order valence-electron chi connectivity index (χ4n) is 2.62. The first kappa shape index (κ1) is 17.0. The third-order valence-corrected chi connectivity index (χ3v) is 5.52. The highest BCUT2D eigenvalue weighted by Crippen LogP contribution is 2.27. The van der Waals surface area contributed by atoms with Crippen LogP contribution in [0.5, 0.6) is 0 Å². The first-order chi connectivity index (χ1) is 12.7. The van der Waals surface area contributed by atoms with Crippen LogP contribution in [0.4, 0.5) is 0 Å². The van der Waals surface area contributed by atoms with E-state index in [-0.39, 0.29) is 0 Å². The van der Waals surface area contributed by atoms with Gasteiger partial charge in [-0.15, -0.1) is 10.2 Å². The van der Waals surface area contributed by atoms with Crippen molar-refractivity contribution in [2.45, 2.75) is 31.3 Å². The Morgan fingerprint density at radius 1 is 1.19 bits per heavy atom. The van der Waals surface area contributed by atoms with Crippen molar-refractivity contribution in [3.05, 3.63) is 52.5 Å². The zero-order valence-corrected chi connectivity index (χ0v) is 16.0.